The van der Waals surface area contributed by atoms with E-state index in [2.05, 4.69) is 36.8 Å². The van der Waals surface area contributed by atoms with Crippen molar-refractivity contribution in [2.24, 2.45) is 5.10 Å². The van der Waals surface area contributed by atoms with Gasteiger partial charge in [0.1, 0.15) is 0 Å². The van der Waals surface area contributed by atoms with Gasteiger partial charge < -0.3 is 5.32 Å². The van der Waals surface area contributed by atoms with E-state index in [1.165, 1.54) is 42.7 Å². The maximum absolute atomic E-state index is 13.0. The third-order valence-electron chi connectivity index (χ3n) is 4.09. The summed E-state index contributed by atoms with van der Waals surface area (Å²) in [7, 11) is 0. The Hall–Kier alpha value is -3.24. The number of aromatic nitrogens is 1. The van der Waals surface area contributed by atoms with E-state index in [9.17, 15) is 22.8 Å². The lowest BCUT2D eigenvalue weighted by molar-refractivity contribution is -0.137. The highest BCUT2D eigenvalue weighted by atomic mass is 79.9. The highest BCUT2D eigenvalue weighted by molar-refractivity contribution is 9.10. The molecule has 0 saturated carbocycles. The van der Waals surface area contributed by atoms with E-state index < -0.39 is 28.6 Å². The lowest BCUT2D eigenvalue weighted by Crippen LogP contribution is -2.21. The molecule has 1 aromatic heterocycles. The third kappa shape index (κ3) is 5.92. The van der Waals surface area contributed by atoms with Crippen molar-refractivity contribution in [2.45, 2.75) is 6.18 Å². The van der Waals surface area contributed by atoms with Gasteiger partial charge in [-0.15, -0.1) is 0 Å². The van der Waals surface area contributed by atoms with Gasteiger partial charge in [0, 0.05) is 22.4 Å². The standard InChI is InChI=1S/C21H13BrClF3N4O2/c22-14-2-4-18(29-19(31)13-5-7-27-8-6-13)15(10-14)20(32)30-28-11-12-1-3-17(23)16(9-12)21(24,25)26/h1-11H,(H,29,31)(H,30,32)/b28-11-. The average molecular weight is 526 g/mol. The molecule has 0 aliphatic heterocycles. The molecule has 0 aliphatic rings. The SMILES string of the molecule is O=C(Nc1ccc(Br)cc1C(=O)N/N=C\c1ccc(Cl)c(C(F)(F)F)c1)c1ccncc1. The molecule has 0 saturated heterocycles. The van der Waals surface area contributed by atoms with Gasteiger partial charge in [0.2, 0.25) is 0 Å². The number of halogens is 5. The fourth-order valence-corrected chi connectivity index (χ4v) is 3.16. The van der Waals surface area contributed by atoms with Crippen LogP contribution in [0.3, 0.4) is 0 Å². The van der Waals surface area contributed by atoms with Gasteiger partial charge in [-0.1, -0.05) is 33.6 Å². The molecule has 1 heterocycles. The number of rotatable bonds is 5. The first kappa shape index (κ1) is 23.4. The number of hydrogen-bond donors (Lipinski definition) is 2. The van der Waals surface area contributed by atoms with E-state index in [0.29, 0.717) is 10.0 Å². The highest BCUT2D eigenvalue weighted by Crippen LogP contribution is 2.34. The topological polar surface area (TPSA) is 83.5 Å². The summed E-state index contributed by atoms with van der Waals surface area (Å²) in [5.41, 5.74) is 1.96. The molecular weight excluding hydrogens is 513 g/mol. The first-order valence-electron chi connectivity index (χ1n) is 8.86. The second kappa shape index (κ2) is 9.92. The second-order valence-corrected chi connectivity index (χ2v) is 7.64. The van der Waals surface area contributed by atoms with Crippen molar-refractivity contribution in [3.63, 3.8) is 0 Å². The van der Waals surface area contributed by atoms with E-state index >= 15 is 0 Å². The number of alkyl halides is 3. The number of nitrogens with zero attached hydrogens (tertiary/aromatic N) is 2. The summed E-state index contributed by atoms with van der Waals surface area (Å²) in [5, 5.41) is 5.90. The molecule has 2 N–H and O–H groups in total. The summed E-state index contributed by atoms with van der Waals surface area (Å²) in [5.74, 6) is -1.13. The summed E-state index contributed by atoms with van der Waals surface area (Å²) < 4.78 is 39.5. The first-order valence-corrected chi connectivity index (χ1v) is 10.0. The second-order valence-electron chi connectivity index (χ2n) is 6.32. The number of nitrogens with one attached hydrogen (secondary N) is 2. The first-order chi connectivity index (χ1) is 15.1. The molecule has 6 nitrogen and oxygen atoms in total. The Morgan fingerprint density at radius 3 is 2.44 bits per heavy atom. The summed E-state index contributed by atoms with van der Waals surface area (Å²) in [6.45, 7) is 0. The van der Waals surface area contributed by atoms with Crippen LogP contribution in [0.4, 0.5) is 18.9 Å². The summed E-state index contributed by atoms with van der Waals surface area (Å²) in [6, 6.07) is 10.9. The Balaban J connectivity index is 1.77. The van der Waals surface area contributed by atoms with Gasteiger partial charge in [-0.3, -0.25) is 14.6 Å². The zero-order valence-electron chi connectivity index (χ0n) is 16.0. The van der Waals surface area contributed by atoms with Crippen LogP contribution < -0.4 is 10.7 Å². The van der Waals surface area contributed by atoms with Crippen molar-refractivity contribution in [1.29, 1.82) is 0 Å². The lowest BCUT2D eigenvalue weighted by Gasteiger charge is -2.11. The van der Waals surface area contributed by atoms with Gasteiger partial charge in [-0.2, -0.15) is 18.3 Å². The minimum atomic E-state index is -4.62. The summed E-state index contributed by atoms with van der Waals surface area (Å²) in [4.78, 5) is 28.8. The fraction of sp³-hybridized carbons (Fsp3) is 0.0476. The smallest absolute Gasteiger partial charge is 0.321 e. The monoisotopic (exact) mass is 524 g/mol. The van der Waals surface area contributed by atoms with Gasteiger partial charge in [0.15, 0.2) is 0 Å². The van der Waals surface area contributed by atoms with E-state index in [1.807, 2.05) is 0 Å². The normalized spacial score (nSPS) is 11.4. The molecule has 3 rings (SSSR count). The number of pyridine rings is 1. The van der Waals surface area contributed by atoms with Crippen LogP contribution in [-0.2, 0) is 6.18 Å². The molecule has 0 unspecified atom stereocenters. The number of benzene rings is 2. The molecule has 0 atom stereocenters. The molecule has 2 aromatic carbocycles. The molecule has 0 spiro atoms. The molecule has 3 aromatic rings. The summed E-state index contributed by atoms with van der Waals surface area (Å²) in [6.07, 6.45) is -0.654. The third-order valence-corrected chi connectivity index (χ3v) is 4.92. The minimum absolute atomic E-state index is 0.0856. The molecule has 0 fully saturated rings. The Kier molecular flexibility index (Phi) is 7.26. The molecule has 0 aliphatic carbocycles. The van der Waals surface area contributed by atoms with Crippen molar-refractivity contribution >= 4 is 51.2 Å². The fourth-order valence-electron chi connectivity index (χ4n) is 2.58. The van der Waals surface area contributed by atoms with Crippen LogP contribution in [0.2, 0.25) is 5.02 Å². The minimum Gasteiger partial charge on any atom is -0.321 e. The van der Waals surface area contributed by atoms with Gasteiger partial charge in [-0.25, -0.2) is 5.43 Å². The molecule has 164 valence electrons. The van der Waals surface area contributed by atoms with Crippen molar-refractivity contribution in [1.82, 2.24) is 10.4 Å². The zero-order valence-corrected chi connectivity index (χ0v) is 18.3. The number of carbonyl (C=O) groups is 2. The summed E-state index contributed by atoms with van der Waals surface area (Å²) >= 11 is 8.84. The number of anilines is 1. The Labute approximate surface area is 193 Å². The quantitative estimate of drug-likeness (QED) is 0.339. The predicted octanol–water partition coefficient (Wildman–Crippen LogP) is 5.53. The van der Waals surface area contributed by atoms with Gasteiger partial charge >= 0.3 is 6.18 Å². The van der Waals surface area contributed by atoms with E-state index in [0.717, 1.165) is 18.3 Å². The molecule has 0 radical (unpaired) electrons. The maximum atomic E-state index is 13.0. The predicted molar refractivity (Wildman–Crippen MR) is 118 cm³/mol. The molecule has 32 heavy (non-hydrogen) atoms. The molecule has 11 heteroatoms. The Morgan fingerprint density at radius 1 is 1.03 bits per heavy atom. The van der Waals surface area contributed by atoms with Gasteiger partial charge in [0.25, 0.3) is 11.8 Å². The number of hydrazone groups is 1. The van der Waals surface area contributed by atoms with Crippen LogP contribution in [0.25, 0.3) is 0 Å². The van der Waals surface area contributed by atoms with Crippen LogP contribution >= 0.6 is 27.5 Å². The number of hydrogen-bond acceptors (Lipinski definition) is 4. The van der Waals surface area contributed by atoms with Crippen molar-refractivity contribution in [3.05, 3.63) is 92.7 Å². The molecule has 0 bridgehead atoms. The van der Waals surface area contributed by atoms with Crippen LogP contribution in [0.15, 0.2) is 70.5 Å². The molecule has 2 amide bonds. The van der Waals surface area contributed by atoms with Crippen molar-refractivity contribution in [2.75, 3.05) is 5.32 Å². The molecular formula is C21H13BrClF3N4O2. The number of amides is 2. The maximum Gasteiger partial charge on any atom is 0.417 e. The zero-order chi connectivity index (χ0) is 23.3. The van der Waals surface area contributed by atoms with Gasteiger partial charge in [-0.05, 0) is 48.0 Å². The lowest BCUT2D eigenvalue weighted by atomic mass is 10.1. The van der Waals surface area contributed by atoms with E-state index in [-0.39, 0.29) is 16.8 Å². The average Bonchev–Trinajstić information content (AvgIpc) is 2.75. The van der Waals surface area contributed by atoms with Crippen LogP contribution in [0.5, 0.6) is 0 Å². The Bertz CT molecular complexity index is 1190. The van der Waals surface area contributed by atoms with Crippen molar-refractivity contribution < 1.29 is 22.8 Å². The van der Waals surface area contributed by atoms with E-state index in [1.54, 1.807) is 6.07 Å². The van der Waals surface area contributed by atoms with Crippen LogP contribution in [-0.4, -0.2) is 23.0 Å². The highest BCUT2D eigenvalue weighted by Gasteiger charge is 2.33. The van der Waals surface area contributed by atoms with Gasteiger partial charge in [0.05, 0.1) is 28.1 Å². The van der Waals surface area contributed by atoms with Crippen molar-refractivity contribution in [3.8, 4) is 0 Å². The van der Waals surface area contributed by atoms with Crippen LogP contribution in [0.1, 0.15) is 31.8 Å². The largest absolute Gasteiger partial charge is 0.417 e. The Morgan fingerprint density at radius 2 is 1.75 bits per heavy atom. The van der Waals surface area contributed by atoms with E-state index in [4.69, 9.17) is 11.6 Å². The van der Waals surface area contributed by atoms with Crippen LogP contribution in [0, 0.1) is 0 Å². The number of carbonyl (C=O) groups excluding carboxylic acids is 2.